The Kier molecular flexibility index (Phi) is 8.16. The van der Waals surface area contributed by atoms with E-state index in [1.807, 2.05) is 18.2 Å². The Morgan fingerprint density at radius 3 is 2.49 bits per heavy atom. The molecule has 6 rings (SSSR count). The van der Waals surface area contributed by atoms with Gasteiger partial charge >= 0.3 is 5.97 Å². The maximum absolute atomic E-state index is 14.2. The first-order valence-electron chi connectivity index (χ1n) is 14.8. The van der Waals surface area contributed by atoms with Crippen LogP contribution in [0, 0.1) is 0 Å². The van der Waals surface area contributed by atoms with Crippen molar-refractivity contribution in [3.63, 3.8) is 0 Å². The number of aromatic nitrogens is 1. The fourth-order valence-electron chi connectivity index (χ4n) is 5.70. The monoisotopic (exact) mass is 609 g/mol. The van der Waals surface area contributed by atoms with Gasteiger partial charge in [-0.05, 0) is 66.3 Å². The molecule has 0 radical (unpaired) electrons. The number of hydrogen-bond acceptors (Lipinski definition) is 7. The van der Waals surface area contributed by atoms with Crippen molar-refractivity contribution in [3.05, 3.63) is 114 Å². The molecule has 0 N–H and O–H groups in total. The van der Waals surface area contributed by atoms with Crippen LogP contribution >= 0.6 is 23.1 Å². The van der Waals surface area contributed by atoms with Crippen LogP contribution in [0.25, 0.3) is 6.08 Å². The zero-order valence-electron chi connectivity index (χ0n) is 25.1. The van der Waals surface area contributed by atoms with Gasteiger partial charge in [0.05, 0.1) is 39.8 Å². The SMILES string of the molecule is CCCC1=C(C(=O)OCC)[C@H](c2ccc(C(C)C)cc2)n2c(s/c(=C/c3ccc4c(c3)Sc3ccccc3N4C)c2=O)=N1. The highest BCUT2D eigenvalue weighted by Gasteiger charge is 2.34. The van der Waals surface area contributed by atoms with Gasteiger partial charge in [-0.15, -0.1) is 0 Å². The van der Waals surface area contributed by atoms with Gasteiger partial charge in [0.1, 0.15) is 0 Å². The molecule has 4 aromatic rings. The van der Waals surface area contributed by atoms with E-state index >= 15 is 0 Å². The molecule has 0 unspecified atom stereocenters. The molecule has 220 valence electrons. The van der Waals surface area contributed by atoms with E-state index in [1.54, 1.807) is 23.3 Å². The highest BCUT2D eigenvalue weighted by atomic mass is 32.2. The highest BCUT2D eigenvalue weighted by Crippen LogP contribution is 2.47. The lowest BCUT2D eigenvalue weighted by molar-refractivity contribution is -0.139. The third-order valence-electron chi connectivity index (χ3n) is 7.90. The molecule has 6 nitrogen and oxygen atoms in total. The predicted molar refractivity (Wildman–Crippen MR) is 175 cm³/mol. The van der Waals surface area contributed by atoms with Gasteiger partial charge in [0.2, 0.25) is 0 Å². The van der Waals surface area contributed by atoms with Crippen LogP contribution in [0.3, 0.4) is 0 Å². The summed E-state index contributed by atoms with van der Waals surface area (Å²) in [4.78, 5) is 37.7. The lowest BCUT2D eigenvalue weighted by atomic mass is 9.92. The molecule has 3 aromatic carbocycles. The van der Waals surface area contributed by atoms with E-state index in [0.717, 1.165) is 28.1 Å². The van der Waals surface area contributed by atoms with E-state index in [9.17, 15) is 9.59 Å². The number of nitrogens with zero attached hydrogens (tertiary/aromatic N) is 3. The van der Waals surface area contributed by atoms with Crippen molar-refractivity contribution >= 4 is 46.5 Å². The van der Waals surface area contributed by atoms with Crippen LogP contribution in [0.2, 0.25) is 0 Å². The highest BCUT2D eigenvalue weighted by molar-refractivity contribution is 7.99. The van der Waals surface area contributed by atoms with Crippen LogP contribution in [0.15, 0.2) is 97.6 Å². The summed E-state index contributed by atoms with van der Waals surface area (Å²) in [5, 5.41) is 0. The number of para-hydroxylation sites is 1. The number of thiazole rings is 1. The summed E-state index contributed by atoms with van der Waals surface area (Å²) >= 11 is 3.11. The van der Waals surface area contributed by atoms with Crippen molar-refractivity contribution in [1.82, 2.24) is 4.57 Å². The Hall–Kier alpha value is -3.88. The number of benzene rings is 3. The number of anilines is 2. The zero-order valence-corrected chi connectivity index (χ0v) is 26.7. The summed E-state index contributed by atoms with van der Waals surface area (Å²) in [5.74, 6) is -0.0483. The molecule has 0 fully saturated rings. The van der Waals surface area contributed by atoms with Gasteiger partial charge in [0.25, 0.3) is 5.56 Å². The molecule has 1 atom stereocenters. The first-order chi connectivity index (χ1) is 20.8. The maximum Gasteiger partial charge on any atom is 0.338 e. The van der Waals surface area contributed by atoms with Crippen LogP contribution < -0.4 is 19.8 Å². The second-order valence-electron chi connectivity index (χ2n) is 11.1. The summed E-state index contributed by atoms with van der Waals surface area (Å²) in [6.45, 7) is 8.42. The first-order valence-corrected chi connectivity index (χ1v) is 16.4. The standard InChI is InChI=1S/C35H35N3O3S2/c1-6-10-25-31(34(40)41-7-2)32(24-16-14-23(15-17-24)21(3)4)38-33(39)30(43-35(38)36-25)20-22-13-18-27-29(19-22)42-28-12-9-8-11-26(28)37(27)5/h8-9,11-21,32H,6-7,10H2,1-5H3/b30-20+/t32-/m0/s1. The molecule has 0 saturated carbocycles. The van der Waals surface area contributed by atoms with Crippen molar-refractivity contribution in [2.45, 2.75) is 62.3 Å². The minimum atomic E-state index is -0.607. The van der Waals surface area contributed by atoms with Crippen LogP contribution in [0.4, 0.5) is 11.4 Å². The van der Waals surface area contributed by atoms with Gasteiger partial charge in [0, 0.05) is 16.8 Å². The van der Waals surface area contributed by atoms with Crippen LogP contribution in [-0.2, 0) is 9.53 Å². The molecule has 1 aromatic heterocycles. The smallest absolute Gasteiger partial charge is 0.338 e. The molecule has 2 aliphatic heterocycles. The van der Waals surface area contributed by atoms with Crippen LogP contribution in [-0.4, -0.2) is 24.2 Å². The lowest BCUT2D eigenvalue weighted by Crippen LogP contribution is -2.40. The molecule has 0 aliphatic carbocycles. The van der Waals surface area contributed by atoms with E-state index in [2.05, 4.69) is 87.3 Å². The number of fused-ring (bicyclic) bond motifs is 3. The van der Waals surface area contributed by atoms with Gasteiger partial charge in [-0.3, -0.25) is 9.36 Å². The summed E-state index contributed by atoms with van der Waals surface area (Å²) in [6.07, 6.45) is 3.38. The summed E-state index contributed by atoms with van der Waals surface area (Å²) in [5.41, 5.74) is 6.32. The topological polar surface area (TPSA) is 63.9 Å². The lowest BCUT2D eigenvalue weighted by Gasteiger charge is -2.29. The number of hydrogen-bond donors (Lipinski definition) is 0. The molecule has 3 heterocycles. The van der Waals surface area contributed by atoms with E-state index in [-0.39, 0.29) is 12.2 Å². The number of allylic oxidation sites excluding steroid dienone is 1. The van der Waals surface area contributed by atoms with E-state index < -0.39 is 12.0 Å². The molecule has 43 heavy (non-hydrogen) atoms. The Morgan fingerprint density at radius 1 is 1.02 bits per heavy atom. The Morgan fingerprint density at radius 2 is 1.77 bits per heavy atom. The molecule has 0 amide bonds. The molecule has 2 aliphatic rings. The number of rotatable bonds is 7. The van der Waals surface area contributed by atoms with Gasteiger partial charge < -0.3 is 9.64 Å². The fourth-order valence-corrected chi connectivity index (χ4v) is 7.92. The second-order valence-corrected chi connectivity index (χ2v) is 13.2. The number of carbonyl (C=O) groups excluding carboxylic acids is 1. The van der Waals surface area contributed by atoms with Gasteiger partial charge in [0.15, 0.2) is 4.80 Å². The average molecular weight is 610 g/mol. The molecular weight excluding hydrogens is 575 g/mol. The summed E-state index contributed by atoms with van der Waals surface area (Å²) < 4.78 is 7.80. The largest absolute Gasteiger partial charge is 0.463 e. The van der Waals surface area contributed by atoms with E-state index in [0.29, 0.717) is 32.9 Å². The van der Waals surface area contributed by atoms with Crippen molar-refractivity contribution in [2.24, 2.45) is 4.99 Å². The van der Waals surface area contributed by atoms with Crippen LogP contribution in [0.5, 0.6) is 0 Å². The Labute approximate surface area is 260 Å². The normalized spacial score (nSPS) is 16.1. The van der Waals surface area contributed by atoms with Crippen molar-refractivity contribution in [2.75, 3.05) is 18.6 Å². The minimum Gasteiger partial charge on any atom is -0.463 e. The third-order valence-corrected chi connectivity index (χ3v) is 10.00. The molecule has 0 saturated heterocycles. The fraction of sp³-hybridized carbons (Fsp3) is 0.286. The molecular formula is C35H35N3O3S2. The van der Waals surface area contributed by atoms with Crippen molar-refractivity contribution in [1.29, 1.82) is 0 Å². The van der Waals surface area contributed by atoms with Crippen molar-refractivity contribution in [3.8, 4) is 0 Å². The van der Waals surface area contributed by atoms with E-state index in [4.69, 9.17) is 9.73 Å². The second kappa shape index (κ2) is 12.0. The Bertz CT molecular complexity index is 1920. The van der Waals surface area contributed by atoms with Gasteiger partial charge in [-0.25, -0.2) is 9.79 Å². The zero-order chi connectivity index (χ0) is 30.2. The number of ether oxygens (including phenoxy) is 1. The molecule has 8 heteroatoms. The molecule has 0 spiro atoms. The third kappa shape index (κ3) is 5.38. The van der Waals surface area contributed by atoms with Gasteiger partial charge in [-0.2, -0.15) is 0 Å². The van der Waals surface area contributed by atoms with Crippen molar-refractivity contribution < 1.29 is 9.53 Å². The van der Waals surface area contributed by atoms with Crippen LogP contribution in [0.1, 0.15) is 69.2 Å². The van der Waals surface area contributed by atoms with Gasteiger partial charge in [-0.1, -0.05) is 92.8 Å². The maximum atomic E-state index is 14.2. The number of esters is 1. The predicted octanol–water partition coefficient (Wildman–Crippen LogP) is 6.93. The Balaban J connectivity index is 1.49. The minimum absolute atomic E-state index is 0.160. The summed E-state index contributed by atoms with van der Waals surface area (Å²) in [6, 6.07) is 22.3. The molecule has 0 bridgehead atoms. The number of carbonyl (C=O) groups is 1. The first kappa shape index (κ1) is 29.2. The van der Waals surface area contributed by atoms with E-state index in [1.165, 1.54) is 27.5 Å². The average Bonchev–Trinajstić information content (AvgIpc) is 3.30. The summed E-state index contributed by atoms with van der Waals surface area (Å²) in [7, 11) is 2.08. The quantitative estimate of drug-likeness (QED) is 0.213.